The SMILES string of the molecule is CCCNc1nnc(CN(C)Cc2cccs2)s1. The molecule has 0 unspecified atom stereocenters. The summed E-state index contributed by atoms with van der Waals surface area (Å²) in [5, 5.41) is 15.7. The molecule has 0 radical (unpaired) electrons. The van der Waals surface area contributed by atoms with E-state index in [1.54, 1.807) is 22.7 Å². The third-order valence-corrected chi connectivity index (χ3v) is 4.13. The number of nitrogens with one attached hydrogen (secondary N) is 1. The van der Waals surface area contributed by atoms with Crippen molar-refractivity contribution < 1.29 is 0 Å². The van der Waals surface area contributed by atoms with Crippen LogP contribution in [0.25, 0.3) is 0 Å². The highest BCUT2D eigenvalue weighted by atomic mass is 32.1. The van der Waals surface area contributed by atoms with Crippen LogP contribution >= 0.6 is 22.7 Å². The van der Waals surface area contributed by atoms with Crippen LogP contribution in [-0.2, 0) is 13.1 Å². The number of anilines is 1. The minimum atomic E-state index is 0.851. The number of aromatic nitrogens is 2. The van der Waals surface area contributed by atoms with Gasteiger partial charge in [-0.1, -0.05) is 24.3 Å². The molecule has 0 saturated carbocycles. The smallest absolute Gasteiger partial charge is 0.205 e. The van der Waals surface area contributed by atoms with Crippen LogP contribution in [0.3, 0.4) is 0 Å². The third kappa shape index (κ3) is 4.04. The first-order chi connectivity index (χ1) is 8.78. The molecule has 1 N–H and O–H groups in total. The monoisotopic (exact) mass is 282 g/mol. The molecule has 18 heavy (non-hydrogen) atoms. The Morgan fingerprint density at radius 2 is 2.22 bits per heavy atom. The Morgan fingerprint density at radius 3 is 2.94 bits per heavy atom. The van der Waals surface area contributed by atoms with Crippen molar-refractivity contribution in [2.45, 2.75) is 26.4 Å². The molecule has 98 valence electrons. The van der Waals surface area contributed by atoms with Crippen LogP contribution in [0.4, 0.5) is 5.13 Å². The number of thiophene rings is 1. The molecule has 0 aliphatic heterocycles. The minimum absolute atomic E-state index is 0.851. The summed E-state index contributed by atoms with van der Waals surface area (Å²) in [5.41, 5.74) is 0. The van der Waals surface area contributed by atoms with Gasteiger partial charge in [-0.3, -0.25) is 4.90 Å². The standard InChI is InChI=1S/C12H18N4S2/c1-3-6-13-12-15-14-11(18-12)9-16(2)8-10-5-4-7-17-10/h4-5,7H,3,6,8-9H2,1-2H3,(H,13,15). The first-order valence-corrected chi connectivity index (χ1v) is 7.74. The summed E-state index contributed by atoms with van der Waals surface area (Å²) in [5.74, 6) is 0. The predicted octanol–water partition coefficient (Wildman–Crippen LogP) is 3.05. The van der Waals surface area contributed by atoms with Gasteiger partial charge in [0.2, 0.25) is 5.13 Å². The fourth-order valence-electron chi connectivity index (χ4n) is 1.58. The normalized spacial score (nSPS) is 11.1. The van der Waals surface area contributed by atoms with Gasteiger partial charge in [-0.15, -0.1) is 21.5 Å². The van der Waals surface area contributed by atoms with Gasteiger partial charge in [-0.05, 0) is 24.9 Å². The molecule has 0 spiro atoms. The van der Waals surface area contributed by atoms with Crippen molar-refractivity contribution in [2.75, 3.05) is 18.9 Å². The molecule has 0 amide bonds. The molecule has 2 heterocycles. The lowest BCUT2D eigenvalue weighted by Gasteiger charge is -2.12. The first-order valence-electron chi connectivity index (χ1n) is 6.05. The summed E-state index contributed by atoms with van der Waals surface area (Å²) in [6, 6.07) is 4.25. The Hall–Kier alpha value is -0.980. The second kappa shape index (κ2) is 6.82. The molecule has 2 aromatic heterocycles. The van der Waals surface area contributed by atoms with E-state index in [0.29, 0.717) is 0 Å². The Kier molecular flexibility index (Phi) is 5.10. The zero-order chi connectivity index (χ0) is 12.8. The maximum atomic E-state index is 4.21. The highest BCUT2D eigenvalue weighted by Gasteiger charge is 2.07. The molecular formula is C12H18N4S2. The van der Waals surface area contributed by atoms with E-state index in [2.05, 4.69) is 51.9 Å². The maximum Gasteiger partial charge on any atom is 0.205 e. The minimum Gasteiger partial charge on any atom is -0.360 e. The van der Waals surface area contributed by atoms with E-state index in [-0.39, 0.29) is 0 Å². The summed E-state index contributed by atoms with van der Waals surface area (Å²) in [6.07, 6.45) is 1.10. The van der Waals surface area contributed by atoms with Crippen molar-refractivity contribution in [3.05, 3.63) is 27.4 Å². The fourth-order valence-corrected chi connectivity index (χ4v) is 3.21. The van der Waals surface area contributed by atoms with Crippen LogP contribution < -0.4 is 5.32 Å². The lowest BCUT2D eigenvalue weighted by atomic mass is 10.4. The molecule has 0 aliphatic carbocycles. The quantitative estimate of drug-likeness (QED) is 0.847. The second-order valence-corrected chi connectivity index (χ2v) is 6.27. The average molecular weight is 282 g/mol. The zero-order valence-electron chi connectivity index (χ0n) is 10.7. The van der Waals surface area contributed by atoms with E-state index in [1.165, 1.54) is 4.88 Å². The van der Waals surface area contributed by atoms with E-state index >= 15 is 0 Å². The topological polar surface area (TPSA) is 41.1 Å². The first kappa shape index (κ1) is 13.5. The molecule has 0 saturated heterocycles. The van der Waals surface area contributed by atoms with Crippen LogP contribution in [0.2, 0.25) is 0 Å². The number of rotatable bonds is 7. The maximum absolute atomic E-state index is 4.21. The van der Waals surface area contributed by atoms with Gasteiger partial charge in [-0.2, -0.15) is 0 Å². The molecule has 4 nitrogen and oxygen atoms in total. The molecule has 0 atom stereocenters. The lowest BCUT2D eigenvalue weighted by molar-refractivity contribution is 0.320. The van der Waals surface area contributed by atoms with Crippen LogP contribution in [0.15, 0.2) is 17.5 Å². The van der Waals surface area contributed by atoms with Crippen molar-refractivity contribution in [1.82, 2.24) is 15.1 Å². The van der Waals surface area contributed by atoms with E-state index in [4.69, 9.17) is 0 Å². The van der Waals surface area contributed by atoms with E-state index in [0.717, 1.165) is 36.2 Å². The molecule has 6 heteroatoms. The summed E-state index contributed by atoms with van der Waals surface area (Å²) in [4.78, 5) is 3.64. The van der Waals surface area contributed by atoms with Gasteiger partial charge in [0.05, 0.1) is 6.54 Å². The summed E-state index contributed by atoms with van der Waals surface area (Å²) in [7, 11) is 2.11. The molecule has 0 aromatic carbocycles. The summed E-state index contributed by atoms with van der Waals surface area (Å²) in [6.45, 7) is 4.92. The molecule has 0 aliphatic rings. The van der Waals surface area contributed by atoms with Gasteiger partial charge in [-0.25, -0.2) is 0 Å². The van der Waals surface area contributed by atoms with Crippen molar-refractivity contribution in [3.8, 4) is 0 Å². The largest absolute Gasteiger partial charge is 0.360 e. The molecule has 0 fully saturated rings. The summed E-state index contributed by atoms with van der Waals surface area (Å²) < 4.78 is 0. The number of hydrogen-bond donors (Lipinski definition) is 1. The molecule has 2 rings (SSSR count). The third-order valence-electron chi connectivity index (χ3n) is 2.40. The number of hydrogen-bond acceptors (Lipinski definition) is 6. The predicted molar refractivity (Wildman–Crippen MR) is 78.2 cm³/mol. The highest BCUT2D eigenvalue weighted by molar-refractivity contribution is 7.15. The van der Waals surface area contributed by atoms with Crippen molar-refractivity contribution in [1.29, 1.82) is 0 Å². The summed E-state index contributed by atoms with van der Waals surface area (Å²) >= 11 is 3.43. The average Bonchev–Trinajstić information content (AvgIpc) is 2.98. The van der Waals surface area contributed by atoms with Crippen LogP contribution in [0.1, 0.15) is 23.2 Å². The number of nitrogens with zero attached hydrogens (tertiary/aromatic N) is 3. The zero-order valence-corrected chi connectivity index (χ0v) is 12.4. The van der Waals surface area contributed by atoms with E-state index in [9.17, 15) is 0 Å². The van der Waals surface area contributed by atoms with Gasteiger partial charge in [0.25, 0.3) is 0 Å². The Bertz CT molecular complexity index is 452. The van der Waals surface area contributed by atoms with Crippen LogP contribution in [0, 0.1) is 0 Å². The van der Waals surface area contributed by atoms with Crippen LogP contribution in [-0.4, -0.2) is 28.7 Å². The molecule has 0 bridgehead atoms. The van der Waals surface area contributed by atoms with Gasteiger partial charge < -0.3 is 5.32 Å². The van der Waals surface area contributed by atoms with Crippen molar-refractivity contribution in [2.24, 2.45) is 0 Å². The Labute approximate surface area is 116 Å². The van der Waals surface area contributed by atoms with Crippen LogP contribution in [0.5, 0.6) is 0 Å². The lowest BCUT2D eigenvalue weighted by Crippen LogP contribution is -2.16. The van der Waals surface area contributed by atoms with Crippen molar-refractivity contribution in [3.63, 3.8) is 0 Å². The van der Waals surface area contributed by atoms with Gasteiger partial charge >= 0.3 is 0 Å². The molecular weight excluding hydrogens is 264 g/mol. The Balaban J connectivity index is 1.83. The Morgan fingerprint density at radius 1 is 1.33 bits per heavy atom. The molecule has 2 aromatic rings. The van der Waals surface area contributed by atoms with Gasteiger partial charge in [0.15, 0.2) is 0 Å². The van der Waals surface area contributed by atoms with Gasteiger partial charge in [0.1, 0.15) is 5.01 Å². The van der Waals surface area contributed by atoms with Crippen molar-refractivity contribution >= 4 is 27.8 Å². The fraction of sp³-hybridized carbons (Fsp3) is 0.500. The van der Waals surface area contributed by atoms with Gasteiger partial charge in [0, 0.05) is 18.0 Å². The highest BCUT2D eigenvalue weighted by Crippen LogP contribution is 2.18. The second-order valence-electron chi connectivity index (χ2n) is 4.18. The van der Waals surface area contributed by atoms with E-state index in [1.807, 2.05) is 0 Å². The van der Waals surface area contributed by atoms with E-state index < -0.39 is 0 Å².